The number of nitrogens with zero attached hydrogens (tertiary/aromatic N) is 4. The highest BCUT2D eigenvalue weighted by atomic mass is 35.5. The highest BCUT2D eigenvalue weighted by molar-refractivity contribution is 6.31. The maximum Gasteiger partial charge on any atom is 0.263 e. The van der Waals surface area contributed by atoms with Gasteiger partial charge in [-0.3, -0.25) is 19.4 Å². The van der Waals surface area contributed by atoms with E-state index in [0.29, 0.717) is 22.2 Å². The third-order valence-electron chi connectivity index (χ3n) is 8.55. The summed E-state index contributed by atoms with van der Waals surface area (Å²) in [7, 11) is 0. The zero-order chi connectivity index (χ0) is 26.8. The van der Waals surface area contributed by atoms with Gasteiger partial charge in [0.05, 0.1) is 23.4 Å². The molecular formula is C32H35ClN4O2. The van der Waals surface area contributed by atoms with Crippen LogP contribution in [0, 0.1) is 0 Å². The molecule has 3 aliphatic heterocycles. The Balaban J connectivity index is 1.05. The molecule has 7 heteroatoms. The number of likely N-dealkylation sites (tertiary alicyclic amines) is 1. The number of piperazine rings is 1. The first-order chi connectivity index (χ1) is 19.1. The molecule has 3 aromatic rings. The minimum absolute atomic E-state index is 0.184. The number of fused-ring (bicyclic) bond motifs is 1. The standard InChI is InChI=1S/C32H35ClN4O2/c33-28-11-5-4-9-25(28)23-37-31(38)27-10-6-12-29(30(27)32(37)39)36-21-19-35(20-22-36)26-14-17-34(18-15-26)16-13-24-7-2-1-3-8-24/h1-12,26H,13-23H2. The molecule has 3 aliphatic rings. The van der Waals surface area contributed by atoms with Crippen LogP contribution in [0.4, 0.5) is 5.69 Å². The summed E-state index contributed by atoms with van der Waals surface area (Å²) in [6, 6.07) is 24.4. The average molecular weight is 543 g/mol. The van der Waals surface area contributed by atoms with Crippen molar-refractivity contribution in [3.05, 3.63) is 100 Å². The molecule has 3 aromatic carbocycles. The second-order valence-electron chi connectivity index (χ2n) is 10.8. The summed E-state index contributed by atoms with van der Waals surface area (Å²) in [4.78, 5) is 35.5. The summed E-state index contributed by atoms with van der Waals surface area (Å²) in [5.41, 5.74) is 4.10. The number of amides is 2. The maximum absolute atomic E-state index is 13.5. The predicted molar refractivity (Wildman–Crippen MR) is 155 cm³/mol. The van der Waals surface area contributed by atoms with Gasteiger partial charge in [0.25, 0.3) is 11.8 Å². The Morgan fingerprint density at radius 2 is 1.46 bits per heavy atom. The molecule has 6 nitrogen and oxygen atoms in total. The average Bonchev–Trinajstić information content (AvgIpc) is 3.23. The summed E-state index contributed by atoms with van der Waals surface area (Å²) in [5.74, 6) is -0.467. The van der Waals surface area contributed by atoms with Gasteiger partial charge in [0.2, 0.25) is 0 Å². The summed E-state index contributed by atoms with van der Waals surface area (Å²) in [5, 5.41) is 0.562. The van der Waals surface area contributed by atoms with Crippen molar-refractivity contribution in [2.24, 2.45) is 0 Å². The monoisotopic (exact) mass is 542 g/mol. The summed E-state index contributed by atoms with van der Waals surface area (Å²) >= 11 is 6.32. The first-order valence-electron chi connectivity index (χ1n) is 14.1. The SMILES string of the molecule is O=C1c2cccc(N3CCN(C4CCN(CCc5ccccc5)CC4)CC3)c2C(=O)N1Cc1ccccc1Cl. The molecule has 0 aliphatic carbocycles. The number of hydrogen-bond acceptors (Lipinski definition) is 5. The molecule has 2 amide bonds. The molecule has 0 radical (unpaired) electrons. The Bertz CT molecular complexity index is 1330. The van der Waals surface area contributed by atoms with E-state index in [1.165, 1.54) is 23.3 Å². The number of benzene rings is 3. The molecule has 0 atom stereocenters. The van der Waals surface area contributed by atoms with Gasteiger partial charge in [0.15, 0.2) is 0 Å². The van der Waals surface area contributed by atoms with Crippen LogP contribution in [-0.4, -0.2) is 78.4 Å². The Labute approximate surface area is 235 Å². The minimum Gasteiger partial charge on any atom is -0.368 e. The van der Waals surface area contributed by atoms with Crippen LogP contribution in [0.3, 0.4) is 0 Å². The number of piperidine rings is 1. The summed E-state index contributed by atoms with van der Waals surface area (Å²) in [6.07, 6.45) is 3.53. The van der Waals surface area contributed by atoms with Crippen molar-refractivity contribution in [1.29, 1.82) is 0 Å². The number of rotatable bonds is 7. The molecule has 39 heavy (non-hydrogen) atoms. The van der Waals surface area contributed by atoms with Gasteiger partial charge < -0.3 is 9.80 Å². The van der Waals surface area contributed by atoms with Crippen molar-refractivity contribution < 1.29 is 9.59 Å². The smallest absolute Gasteiger partial charge is 0.263 e. The molecule has 2 saturated heterocycles. The van der Waals surface area contributed by atoms with Crippen LogP contribution >= 0.6 is 11.6 Å². The van der Waals surface area contributed by atoms with Crippen molar-refractivity contribution in [1.82, 2.24) is 14.7 Å². The molecule has 0 N–H and O–H groups in total. The lowest BCUT2D eigenvalue weighted by Crippen LogP contribution is -2.53. The van der Waals surface area contributed by atoms with Gasteiger partial charge in [-0.25, -0.2) is 0 Å². The van der Waals surface area contributed by atoms with Crippen molar-refractivity contribution in [3.63, 3.8) is 0 Å². The molecule has 6 rings (SSSR count). The summed E-state index contributed by atoms with van der Waals surface area (Å²) in [6.45, 7) is 7.29. The van der Waals surface area contributed by atoms with E-state index >= 15 is 0 Å². The lowest BCUT2D eigenvalue weighted by molar-refractivity contribution is 0.0642. The molecular weight excluding hydrogens is 508 g/mol. The van der Waals surface area contributed by atoms with Gasteiger partial charge in [-0.1, -0.05) is 66.2 Å². The maximum atomic E-state index is 13.5. The molecule has 202 valence electrons. The molecule has 0 aromatic heterocycles. The van der Waals surface area contributed by atoms with Gasteiger partial charge >= 0.3 is 0 Å². The third kappa shape index (κ3) is 5.46. The van der Waals surface area contributed by atoms with E-state index < -0.39 is 0 Å². The Hall–Kier alpha value is -3.19. The Kier molecular flexibility index (Phi) is 7.69. The molecule has 0 unspecified atom stereocenters. The van der Waals surface area contributed by atoms with E-state index in [9.17, 15) is 9.59 Å². The van der Waals surface area contributed by atoms with E-state index in [1.807, 2.05) is 30.3 Å². The topological polar surface area (TPSA) is 47.1 Å². The molecule has 3 heterocycles. The minimum atomic E-state index is -0.241. The number of imide groups is 1. The Morgan fingerprint density at radius 1 is 0.744 bits per heavy atom. The fourth-order valence-electron chi connectivity index (χ4n) is 6.29. The quantitative estimate of drug-likeness (QED) is 0.395. The molecule has 2 fully saturated rings. The largest absolute Gasteiger partial charge is 0.368 e. The van der Waals surface area contributed by atoms with Gasteiger partial charge in [0, 0.05) is 43.8 Å². The van der Waals surface area contributed by atoms with Gasteiger partial charge in [-0.2, -0.15) is 0 Å². The van der Waals surface area contributed by atoms with Crippen LogP contribution in [0.1, 0.15) is 44.7 Å². The number of carbonyl (C=O) groups is 2. The van der Waals surface area contributed by atoms with Crippen LogP contribution in [0.15, 0.2) is 72.8 Å². The number of anilines is 1. The van der Waals surface area contributed by atoms with Crippen LogP contribution in [0.25, 0.3) is 0 Å². The number of hydrogen-bond donors (Lipinski definition) is 0. The zero-order valence-electron chi connectivity index (χ0n) is 22.3. The van der Waals surface area contributed by atoms with Crippen LogP contribution in [0.2, 0.25) is 5.02 Å². The van der Waals surface area contributed by atoms with Gasteiger partial charge in [-0.15, -0.1) is 0 Å². The fraction of sp³-hybridized carbons (Fsp3) is 0.375. The van der Waals surface area contributed by atoms with Gasteiger partial charge in [0.1, 0.15) is 0 Å². The van der Waals surface area contributed by atoms with Gasteiger partial charge in [-0.05, 0) is 61.7 Å². The lowest BCUT2D eigenvalue weighted by atomic mass is 10.0. The first-order valence-corrected chi connectivity index (χ1v) is 14.4. The van der Waals surface area contributed by atoms with Crippen molar-refractivity contribution in [2.45, 2.75) is 31.8 Å². The van der Waals surface area contributed by atoms with E-state index in [4.69, 9.17) is 11.6 Å². The normalized spacial score (nSPS) is 19.1. The predicted octanol–water partition coefficient (Wildman–Crippen LogP) is 4.97. The van der Waals surface area contributed by atoms with E-state index in [0.717, 1.165) is 63.5 Å². The first kappa shape index (κ1) is 26.1. The highest BCUT2D eigenvalue weighted by Gasteiger charge is 2.39. The van der Waals surface area contributed by atoms with Crippen molar-refractivity contribution >= 4 is 29.1 Å². The van der Waals surface area contributed by atoms with E-state index in [1.54, 1.807) is 12.1 Å². The summed E-state index contributed by atoms with van der Waals surface area (Å²) < 4.78 is 0. The lowest BCUT2D eigenvalue weighted by Gasteiger charge is -2.43. The second-order valence-corrected chi connectivity index (χ2v) is 11.2. The molecule has 0 spiro atoms. The van der Waals surface area contributed by atoms with Crippen LogP contribution in [0.5, 0.6) is 0 Å². The highest BCUT2D eigenvalue weighted by Crippen LogP contribution is 2.34. The second kappa shape index (κ2) is 11.5. The number of halogens is 1. The Morgan fingerprint density at radius 3 is 2.21 bits per heavy atom. The third-order valence-corrected chi connectivity index (χ3v) is 8.92. The van der Waals surface area contributed by atoms with Crippen LogP contribution in [-0.2, 0) is 13.0 Å². The fourth-order valence-corrected chi connectivity index (χ4v) is 6.48. The number of carbonyl (C=O) groups excluding carboxylic acids is 2. The van der Waals surface area contributed by atoms with Crippen LogP contribution < -0.4 is 4.90 Å². The van der Waals surface area contributed by atoms with E-state index in [2.05, 4.69) is 45.0 Å². The van der Waals surface area contributed by atoms with Crippen molar-refractivity contribution in [2.75, 3.05) is 50.7 Å². The van der Waals surface area contributed by atoms with E-state index in [-0.39, 0.29) is 18.4 Å². The van der Waals surface area contributed by atoms with Crippen molar-refractivity contribution in [3.8, 4) is 0 Å². The zero-order valence-corrected chi connectivity index (χ0v) is 23.0. The molecule has 0 saturated carbocycles. The molecule has 0 bridgehead atoms.